The van der Waals surface area contributed by atoms with Crippen LogP contribution in [0.25, 0.3) is 0 Å². The topological polar surface area (TPSA) is 64.7 Å². The van der Waals surface area contributed by atoms with Gasteiger partial charge in [-0.3, -0.25) is 10.1 Å². The number of likely N-dealkylation sites (N-methyl/N-ethyl adjacent to an activating group) is 1. The standard InChI is InChI=1S/C13H13ClN4O2S/c1-17-10-9(11(19)16-12(17)20)18(13(21)15-10)6-7-4-2-3-5-8(7)14/h2-5,9-10H,6H2,1H3,(H,15,21)(H,16,19,20). The van der Waals surface area contributed by atoms with Crippen LogP contribution < -0.4 is 10.6 Å². The summed E-state index contributed by atoms with van der Waals surface area (Å²) in [5.41, 5.74) is 0.872. The van der Waals surface area contributed by atoms with E-state index in [-0.39, 0.29) is 5.91 Å². The molecule has 3 rings (SSSR count). The third kappa shape index (κ3) is 2.32. The Morgan fingerprint density at radius 3 is 2.76 bits per heavy atom. The quantitative estimate of drug-likeness (QED) is 0.792. The van der Waals surface area contributed by atoms with Crippen LogP contribution in [-0.2, 0) is 11.3 Å². The lowest BCUT2D eigenvalue weighted by Gasteiger charge is -2.35. The van der Waals surface area contributed by atoms with Crippen molar-refractivity contribution in [3.8, 4) is 0 Å². The number of thiocarbonyl (C=S) groups is 1. The van der Waals surface area contributed by atoms with Crippen molar-refractivity contribution in [1.29, 1.82) is 0 Å². The smallest absolute Gasteiger partial charge is 0.325 e. The highest BCUT2D eigenvalue weighted by molar-refractivity contribution is 7.80. The van der Waals surface area contributed by atoms with Gasteiger partial charge in [0.25, 0.3) is 5.91 Å². The van der Waals surface area contributed by atoms with Crippen molar-refractivity contribution < 1.29 is 9.59 Å². The van der Waals surface area contributed by atoms with Gasteiger partial charge in [-0.1, -0.05) is 29.8 Å². The molecule has 2 unspecified atom stereocenters. The number of benzene rings is 1. The average Bonchev–Trinajstić information content (AvgIpc) is 2.77. The molecular formula is C13H13ClN4O2S. The van der Waals surface area contributed by atoms with Crippen LogP contribution in [-0.4, -0.2) is 46.1 Å². The maximum absolute atomic E-state index is 12.1. The molecular weight excluding hydrogens is 312 g/mol. The Morgan fingerprint density at radius 2 is 2.05 bits per heavy atom. The van der Waals surface area contributed by atoms with Crippen molar-refractivity contribution in [1.82, 2.24) is 20.4 Å². The molecule has 2 aliphatic rings. The lowest BCUT2D eigenvalue weighted by molar-refractivity contribution is -0.127. The molecule has 1 aromatic carbocycles. The van der Waals surface area contributed by atoms with Crippen LogP contribution in [0.2, 0.25) is 5.02 Å². The van der Waals surface area contributed by atoms with Crippen molar-refractivity contribution in [3.63, 3.8) is 0 Å². The summed E-state index contributed by atoms with van der Waals surface area (Å²) in [6, 6.07) is 6.40. The molecule has 0 aliphatic carbocycles. The van der Waals surface area contributed by atoms with Gasteiger partial charge >= 0.3 is 6.03 Å². The summed E-state index contributed by atoms with van der Waals surface area (Å²) in [4.78, 5) is 27.0. The molecule has 0 spiro atoms. The summed E-state index contributed by atoms with van der Waals surface area (Å²) >= 11 is 11.5. The molecule has 2 heterocycles. The van der Waals surface area contributed by atoms with Crippen LogP contribution in [0.5, 0.6) is 0 Å². The van der Waals surface area contributed by atoms with Gasteiger partial charge in [0.15, 0.2) is 5.11 Å². The summed E-state index contributed by atoms with van der Waals surface area (Å²) in [7, 11) is 1.62. The summed E-state index contributed by atoms with van der Waals surface area (Å²) in [5.74, 6) is -0.359. The molecule has 0 bridgehead atoms. The van der Waals surface area contributed by atoms with Crippen molar-refractivity contribution in [3.05, 3.63) is 34.9 Å². The first-order chi connectivity index (χ1) is 9.99. The van der Waals surface area contributed by atoms with E-state index in [2.05, 4.69) is 10.6 Å². The Bertz CT molecular complexity index is 638. The third-order valence-electron chi connectivity index (χ3n) is 3.70. The largest absolute Gasteiger partial charge is 0.340 e. The number of nitrogens with one attached hydrogen (secondary N) is 2. The number of hydrogen-bond donors (Lipinski definition) is 2. The first kappa shape index (κ1) is 14.1. The summed E-state index contributed by atoms with van der Waals surface area (Å²) in [5, 5.41) is 6.39. The van der Waals surface area contributed by atoms with E-state index < -0.39 is 18.2 Å². The number of amides is 3. The van der Waals surface area contributed by atoms with Crippen molar-refractivity contribution >= 4 is 40.9 Å². The molecule has 6 nitrogen and oxygen atoms in total. The molecule has 2 fully saturated rings. The highest BCUT2D eigenvalue weighted by Gasteiger charge is 2.49. The second-order valence-corrected chi connectivity index (χ2v) is 5.76. The van der Waals surface area contributed by atoms with Gasteiger partial charge in [-0.2, -0.15) is 0 Å². The molecule has 2 atom stereocenters. The minimum Gasteiger partial charge on any atom is -0.340 e. The van der Waals surface area contributed by atoms with Crippen LogP contribution in [0.4, 0.5) is 4.79 Å². The zero-order chi connectivity index (χ0) is 15.1. The maximum Gasteiger partial charge on any atom is 0.325 e. The third-order valence-corrected chi connectivity index (χ3v) is 4.42. The van der Waals surface area contributed by atoms with Crippen LogP contribution >= 0.6 is 23.8 Å². The minimum absolute atomic E-state index is 0.359. The Kier molecular flexibility index (Phi) is 3.46. The van der Waals surface area contributed by atoms with E-state index in [0.29, 0.717) is 16.7 Å². The molecule has 2 aliphatic heterocycles. The van der Waals surface area contributed by atoms with Crippen molar-refractivity contribution in [2.45, 2.75) is 18.8 Å². The molecule has 0 radical (unpaired) electrons. The van der Waals surface area contributed by atoms with Crippen LogP contribution in [0, 0.1) is 0 Å². The van der Waals surface area contributed by atoms with E-state index in [1.54, 1.807) is 18.0 Å². The van der Waals surface area contributed by atoms with Gasteiger partial charge in [0.05, 0.1) is 0 Å². The van der Waals surface area contributed by atoms with E-state index >= 15 is 0 Å². The number of halogens is 1. The number of fused-ring (bicyclic) bond motifs is 1. The number of carbonyl (C=O) groups excluding carboxylic acids is 2. The first-order valence-corrected chi connectivity index (χ1v) is 7.16. The zero-order valence-electron chi connectivity index (χ0n) is 11.2. The number of carbonyl (C=O) groups is 2. The highest BCUT2D eigenvalue weighted by Crippen LogP contribution is 2.25. The van der Waals surface area contributed by atoms with Gasteiger partial charge in [0.2, 0.25) is 0 Å². The van der Waals surface area contributed by atoms with Gasteiger partial charge in [-0.05, 0) is 23.8 Å². The molecule has 2 saturated heterocycles. The Balaban J connectivity index is 1.89. The van der Waals surface area contributed by atoms with Gasteiger partial charge in [-0.15, -0.1) is 0 Å². The Morgan fingerprint density at radius 1 is 1.33 bits per heavy atom. The number of urea groups is 1. The molecule has 21 heavy (non-hydrogen) atoms. The van der Waals surface area contributed by atoms with Gasteiger partial charge in [-0.25, -0.2) is 4.79 Å². The highest BCUT2D eigenvalue weighted by atomic mass is 35.5. The lowest BCUT2D eigenvalue weighted by atomic mass is 10.1. The Labute approximate surface area is 132 Å². The monoisotopic (exact) mass is 324 g/mol. The number of imide groups is 1. The lowest BCUT2D eigenvalue weighted by Crippen LogP contribution is -2.64. The fourth-order valence-electron chi connectivity index (χ4n) is 2.55. The fraction of sp³-hybridized carbons (Fsp3) is 0.308. The number of rotatable bonds is 2. The zero-order valence-corrected chi connectivity index (χ0v) is 12.7. The number of nitrogens with zero attached hydrogens (tertiary/aromatic N) is 2. The second kappa shape index (κ2) is 5.16. The van der Waals surface area contributed by atoms with Crippen LogP contribution in [0.3, 0.4) is 0 Å². The average molecular weight is 325 g/mol. The SMILES string of the molecule is CN1C(=O)NC(=O)C2C1NC(=S)N2Cc1ccccc1Cl. The van der Waals surface area contributed by atoms with Crippen molar-refractivity contribution in [2.24, 2.45) is 0 Å². The van der Waals surface area contributed by atoms with E-state index in [0.717, 1.165) is 5.56 Å². The predicted molar refractivity (Wildman–Crippen MR) is 81.6 cm³/mol. The molecule has 1 aromatic rings. The molecule has 8 heteroatoms. The van der Waals surface area contributed by atoms with E-state index in [1.165, 1.54) is 4.90 Å². The second-order valence-electron chi connectivity index (χ2n) is 4.96. The fourth-order valence-corrected chi connectivity index (χ4v) is 3.05. The molecule has 110 valence electrons. The molecule has 3 amide bonds. The van der Waals surface area contributed by atoms with E-state index in [4.69, 9.17) is 23.8 Å². The minimum atomic E-state index is -0.559. The van der Waals surface area contributed by atoms with E-state index in [1.807, 2.05) is 18.2 Å². The normalized spacial score (nSPS) is 24.8. The first-order valence-electron chi connectivity index (χ1n) is 6.37. The summed E-state index contributed by atoms with van der Waals surface area (Å²) < 4.78 is 0. The van der Waals surface area contributed by atoms with Gasteiger partial charge < -0.3 is 15.1 Å². The summed E-state index contributed by atoms with van der Waals surface area (Å²) in [6.45, 7) is 0.405. The molecule has 2 N–H and O–H groups in total. The maximum atomic E-state index is 12.1. The molecule has 0 aromatic heterocycles. The summed E-state index contributed by atoms with van der Waals surface area (Å²) in [6.07, 6.45) is -0.457. The van der Waals surface area contributed by atoms with E-state index in [9.17, 15) is 9.59 Å². The van der Waals surface area contributed by atoms with Gasteiger partial charge in [0, 0.05) is 18.6 Å². The Hall–Kier alpha value is -1.86. The number of hydrogen-bond acceptors (Lipinski definition) is 3. The van der Waals surface area contributed by atoms with Crippen LogP contribution in [0.1, 0.15) is 5.56 Å². The van der Waals surface area contributed by atoms with Crippen molar-refractivity contribution in [2.75, 3.05) is 7.05 Å². The van der Waals surface area contributed by atoms with Gasteiger partial charge in [0.1, 0.15) is 12.2 Å². The predicted octanol–water partition coefficient (Wildman–Crippen LogP) is 0.906. The van der Waals surface area contributed by atoms with Crippen LogP contribution in [0.15, 0.2) is 24.3 Å². The molecule has 0 saturated carbocycles.